The van der Waals surface area contributed by atoms with Crippen LogP contribution in [0, 0.1) is 0 Å². The number of hydrogen-bond acceptors (Lipinski definition) is 5. The highest BCUT2D eigenvalue weighted by molar-refractivity contribution is 5.85. The standard InChI is InChI=1S/C22H25N5O/c1-26(15-21-24-10-8-20(23)25-21)19-9-11-27(14-19)22(28)13-16-6-7-17-4-2-3-5-18(17)12-16/h2-8,10,12,19H,9,11,13-15H2,1H3,(H2,23,24,25)/t19-/m0/s1. The number of nitrogens with zero attached hydrogens (tertiary/aromatic N) is 4. The maximum atomic E-state index is 12.8. The van der Waals surface area contributed by atoms with Crippen molar-refractivity contribution in [1.82, 2.24) is 19.8 Å². The maximum absolute atomic E-state index is 12.8. The fourth-order valence-electron chi connectivity index (χ4n) is 3.81. The molecular weight excluding hydrogens is 350 g/mol. The molecule has 1 aromatic heterocycles. The quantitative estimate of drug-likeness (QED) is 0.741. The van der Waals surface area contributed by atoms with E-state index in [1.165, 1.54) is 10.8 Å². The summed E-state index contributed by atoms with van der Waals surface area (Å²) in [5, 5.41) is 2.37. The number of carbonyl (C=O) groups excluding carboxylic acids is 1. The van der Waals surface area contributed by atoms with E-state index in [0.29, 0.717) is 30.6 Å². The van der Waals surface area contributed by atoms with Gasteiger partial charge in [-0.15, -0.1) is 0 Å². The van der Waals surface area contributed by atoms with E-state index in [4.69, 9.17) is 5.73 Å². The third-order valence-corrected chi connectivity index (χ3v) is 5.43. The van der Waals surface area contributed by atoms with Crippen molar-refractivity contribution in [2.75, 3.05) is 25.9 Å². The van der Waals surface area contributed by atoms with Gasteiger partial charge in [0.25, 0.3) is 0 Å². The van der Waals surface area contributed by atoms with E-state index in [0.717, 1.165) is 25.1 Å². The molecule has 144 valence electrons. The lowest BCUT2D eigenvalue weighted by atomic mass is 10.0. The normalized spacial score (nSPS) is 16.8. The van der Waals surface area contributed by atoms with E-state index >= 15 is 0 Å². The summed E-state index contributed by atoms with van der Waals surface area (Å²) in [6.45, 7) is 2.16. The van der Waals surface area contributed by atoms with Gasteiger partial charge in [-0.25, -0.2) is 9.97 Å². The highest BCUT2D eigenvalue weighted by Gasteiger charge is 2.29. The number of nitrogens with two attached hydrogens (primary N) is 1. The van der Waals surface area contributed by atoms with E-state index in [9.17, 15) is 4.79 Å². The van der Waals surface area contributed by atoms with Crippen LogP contribution in [-0.2, 0) is 17.8 Å². The molecule has 6 nitrogen and oxygen atoms in total. The van der Waals surface area contributed by atoms with Gasteiger partial charge in [0.1, 0.15) is 11.6 Å². The van der Waals surface area contributed by atoms with Crippen molar-refractivity contribution in [1.29, 1.82) is 0 Å². The zero-order valence-electron chi connectivity index (χ0n) is 16.1. The Labute approximate surface area is 165 Å². The van der Waals surface area contributed by atoms with Crippen LogP contribution in [0.4, 0.5) is 5.82 Å². The number of rotatable bonds is 5. The summed E-state index contributed by atoms with van der Waals surface area (Å²) in [5.74, 6) is 1.38. The largest absolute Gasteiger partial charge is 0.384 e. The number of carbonyl (C=O) groups is 1. The Bertz CT molecular complexity index is 989. The summed E-state index contributed by atoms with van der Waals surface area (Å²) in [4.78, 5) is 25.5. The first-order valence-corrected chi connectivity index (χ1v) is 9.61. The van der Waals surface area contributed by atoms with Crippen LogP contribution in [0.3, 0.4) is 0 Å². The summed E-state index contributed by atoms with van der Waals surface area (Å²) in [6.07, 6.45) is 3.08. The minimum atomic E-state index is 0.186. The molecule has 0 radical (unpaired) electrons. The van der Waals surface area contributed by atoms with Gasteiger partial charge in [-0.3, -0.25) is 9.69 Å². The molecule has 3 aromatic rings. The van der Waals surface area contributed by atoms with Crippen LogP contribution < -0.4 is 5.73 Å². The van der Waals surface area contributed by atoms with Gasteiger partial charge in [0, 0.05) is 25.3 Å². The van der Waals surface area contributed by atoms with Gasteiger partial charge >= 0.3 is 0 Å². The highest BCUT2D eigenvalue weighted by Crippen LogP contribution is 2.19. The summed E-state index contributed by atoms with van der Waals surface area (Å²) in [5.41, 5.74) is 6.80. The second-order valence-corrected chi connectivity index (χ2v) is 7.45. The Morgan fingerprint density at radius 2 is 2.04 bits per heavy atom. The van der Waals surface area contributed by atoms with Crippen molar-refractivity contribution in [2.45, 2.75) is 25.4 Å². The molecule has 1 fully saturated rings. The Hall–Kier alpha value is -2.99. The van der Waals surface area contributed by atoms with Gasteiger partial charge in [-0.05, 0) is 35.9 Å². The molecule has 0 bridgehead atoms. The Balaban J connectivity index is 1.35. The molecule has 1 atom stereocenters. The zero-order chi connectivity index (χ0) is 19.5. The molecule has 0 aliphatic carbocycles. The monoisotopic (exact) mass is 375 g/mol. The second-order valence-electron chi connectivity index (χ2n) is 7.45. The predicted molar refractivity (Wildman–Crippen MR) is 111 cm³/mol. The van der Waals surface area contributed by atoms with Crippen LogP contribution in [-0.4, -0.2) is 51.9 Å². The van der Waals surface area contributed by atoms with Gasteiger partial charge in [0.15, 0.2) is 0 Å². The number of anilines is 1. The van der Waals surface area contributed by atoms with Gasteiger partial charge in [-0.1, -0.05) is 42.5 Å². The lowest BCUT2D eigenvalue weighted by Gasteiger charge is -2.24. The van der Waals surface area contributed by atoms with Crippen LogP contribution in [0.25, 0.3) is 10.8 Å². The van der Waals surface area contributed by atoms with Gasteiger partial charge in [-0.2, -0.15) is 0 Å². The molecule has 0 spiro atoms. The smallest absolute Gasteiger partial charge is 0.227 e. The summed E-state index contributed by atoms with van der Waals surface area (Å²) in [6, 6.07) is 16.5. The van der Waals surface area contributed by atoms with Crippen molar-refractivity contribution >= 4 is 22.5 Å². The van der Waals surface area contributed by atoms with Crippen LogP contribution >= 0.6 is 0 Å². The molecule has 6 heteroatoms. The first-order chi connectivity index (χ1) is 13.6. The zero-order valence-corrected chi connectivity index (χ0v) is 16.1. The lowest BCUT2D eigenvalue weighted by Crippen LogP contribution is -2.37. The van der Waals surface area contributed by atoms with Crippen LogP contribution in [0.2, 0.25) is 0 Å². The van der Waals surface area contributed by atoms with Crippen LogP contribution in [0.1, 0.15) is 17.8 Å². The van der Waals surface area contributed by atoms with Crippen molar-refractivity contribution in [3.63, 3.8) is 0 Å². The van der Waals surface area contributed by atoms with Gasteiger partial charge in [0.05, 0.1) is 13.0 Å². The lowest BCUT2D eigenvalue weighted by molar-refractivity contribution is -0.129. The molecule has 0 unspecified atom stereocenters. The summed E-state index contributed by atoms with van der Waals surface area (Å²) >= 11 is 0. The second kappa shape index (κ2) is 7.94. The van der Waals surface area contributed by atoms with E-state index in [-0.39, 0.29) is 5.91 Å². The Morgan fingerprint density at radius 1 is 1.21 bits per heavy atom. The van der Waals surface area contributed by atoms with Crippen molar-refractivity contribution in [2.24, 2.45) is 0 Å². The van der Waals surface area contributed by atoms with E-state index < -0.39 is 0 Å². The van der Waals surface area contributed by atoms with Crippen LogP contribution in [0.15, 0.2) is 54.7 Å². The Morgan fingerprint density at radius 3 is 2.86 bits per heavy atom. The topological polar surface area (TPSA) is 75.4 Å². The molecular formula is C22H25N5O. The molecule has 2 N–H and O–H groups in total. The number of fused-ring (bicyclic) bond motifs is 1. The fourth-order valence-corrected chi connectivity index (χ4v) is 3.81. The molecule has 1 amide bonds. The average molecular weight is 375 g/mol. The summed E-state index contributed by atoms with van der Waals surface area (Å²) in [7, 11) is 2.05. The molecule has 0 saturated carbocycles. The van der Waals surface area contributed by atoms with Crippen molar-refractivity contribution in [3.05, 3.63) is 66.1 Å². The van der Waals surface area contributed by atoms with Crippen molar-refractivity contribution < 1.29 is 4.79 Å². The van der Waals surface area contributed by atoms with Crippen molar-refractivity contribution in [3.8, 4) is 0 Å². The molecule has 28 heavy (non-hydrogen) atoms. The van der Waals surface area contributed by atoms with E-state index in [1.807, 2.05) is 17.0 Å². The number of hydrogen-bond donors (Lipinski definition) is 1. The molecule has 1 saturated heterocycles. The predicted octanol–water partition coefficient (Wildman–Crippen LogP) is 2.49. The number of aromatic nitrogens is 2. The average Bonchev–Trinajstić information content (AvgIpc) is 3.18. The first kappa shape index (κ1) is 18.4. The minimum absolute atomic E-state index is 0.186. The number of nitrogen functional groups attached to an aromatic ring is 1. The molecule has 1 aliphatic heterocycles. The number of likely N-dealkylation sites (tertiary alicyclic amines) is 1. The third kappa shape index (κ3) is 4.12. The van der Waals surface area contributed by atoms with Gasteiger partial charge in [0.2, 0.25) is 5.91 Å². The molecule has 1 aliphatic rings. The van der Waals surface area contributed by atoms with Crippen LogP contribution in [0.5, 0.6) is 0 Å². The first-order valence-electron chi connectivity index (χ1n) is 9.61. The summed E-state index contributed by atoms with van der Waals surface area (Å²) < 4.78 is 0. The molecule has 2 aromatic carbocycles. The molecule has 2 heterocycles. The highest BCUT2D eigenvalue weighted by atomic mass is 16.2. The fraction of sp³-hybridized carbons (Fsp3) is 0.318. The van der Waals surface area contributed by atoms with E-state index in [2.05, 4.69) is 52.2 Å². The SMILES string of the molecule is CN(Cc1nccc(N)n1)[C@H]1CCN(C(=O)Cc2ccc3ccccc3c2)C1. The maximum Gasteiger partial charge on any atom is 0.227 e. The number of likely N-dealkylation sites (N-methyl/N-ethyl adjacent to an activating group) is 1. The third-order valence-electron chi connectivity index (χ3n) is 5.43. The Kier molecular flexibility index (Phi) is 5.21. The van der Waals surface area contributed by atoms with E-state index in [1.54, 1.807) is 12.3 Å². The van der Waals surface area contributed by atoms with Gasteiger partial charge < -0.3 is 10.6 Å². The number of amides is 1. The number of benzene rings is 2. The molecule has 4 rings (SSSR count). The minimum Gasteiger partial charge on any atom is -0.384 e.